The monoisotopic (exact) mass is 217 g/mol. The molecule has 14 heavy (non-hydrogen) atoms. The standard InChI is InChI=1S/C10H13ClFNO/c1-10(2,13)7-4-6(12)5-8(11)9(7)14-3/h4-5H,13H2,1-3H3. The Labute approximate surface area is 87.8 Å². The van der Waals surface area contributed by atoms with Crippen molar-refractivity contribution in [3.8, 4) is 5.75 Å². The van der Waals surface area contributed by atoms with Gasteiger partial charge < -0.3 is 10.5 Å². The minimum atomic E-state index is -0.683. The van der Waals surface area contributed by atoms with E-state index < -0.39 is 11.4 Å². The van der Waals surface area contributed by atoms with Gasteiger partial charge in [-0.1, -0.05) is 11.6 Å². The minimum Gasteiger partial charge on any atom is -0.495 e. The molecule has 2 N–H and O–H groups in total. The van der Waals surface area contributed by atoms with Gasteiger partial charge in [-0.05, 0) is 26.0 Å². The van der Waals surface area contributed by atoms with Crippen molar-refractivity contribution in [3.05, 3.63) is 28.5 Å². The SMILES string of the molecule is COc1c(Cl)cc(F)cc1C(C)(C)N. The van der Waals surface area contributed by atoms with Gasteiger partial charge in [0.1, 0.15) is 11.6 Å². The second kappa shape index (κ2) is 3.75. The molecule has 1 aromatic carbocycles. The smallest absolute Gasteiger partial charge is 0.142 e. The zero-order valence-corrected chi connectivity index (χ0v) is 9.15. The molecule has 0 saturated carbocycles. The van der Waals surface area contributed by atoms with Crippen LogP contribution in [0.2, 0.25) is 5.02 Å². The Morgan fingerprint density at radius 2 is 2.00 bits per heavy atom. The molecule has 0 fully saturated rings. The van der Waals surface area contributed by atoms with Crippen molar-refractivity contribution < 1.29 is 9.13 Å². The first-order valence-electron chi connectivity index (χ1n) is 4.18. The number of benzene rings is 1. The van der Waals surface area contributed by atoms with E-state index >= 15 is 0 Å². The normalized spacial score (nSPS) is 11.6. The van der Waals surface area contributed by atoms with E-state index in [1.54, 1.807) is 13.8 Å². The number of ether oxygens (including phenoxy) is 1. The fourth-order valence-electron chi connectivity index (χ4n) is 1.25. The van der Waals surface area contributed by atoms with Crippen LogP contribution in [0.3, 0.4) is 0 Å². The molecule has 0 aliphatic carbocycles. The summed E-state index contributed by atoms with van der Waals surface area (Å²) < 4.78 is 18.2. The Kier molecular flexibility index (Phi) is 3.02. The Bertz CT molecular complexity index is 347. The molecule has 0 aliphatic rings. The van der Waals surface area contributed by atoms with Crippen LogP contribution < -0.4 is 10.5 Å². The van der Waals surface area contributed by atoms with Crippen LogP contribution >= 0.6 is 11.6 Å². The molecule has 0 unspecified atom stereocenters. The third-order valence-electron chi connectivity index (χ3n) is 1.91. The summed E-state index contributed by atoms with van der Waals surface area (Å²) in [6.45, 7) is 3.53. The molecule has 2 nitrogen and oxygen atoms in total. The summed E-state index contributed by atoms with van der Waals surface area (Å²) in [6, 6.07) is 2.54. The van der Waals surface area contributed by atoms with Gasteiger partial charge in [0.05, 0.1) is 12.1 Å². The lowest BCUT2D eigenvalue weighted by molar-refractivity contribution is 0.392. The highest BCUT2D eigenvalue weighted by atomic mass is 35.5. The van der Waals surface area contributed by atoms with Crippen LogP contribution in [0.1, 0.15) is 19.4 Å². The Morgan fingerprint density at radius 1 is 1.43 bits per heavy atom. The molecule has 0 aromatic heterocycles. The van der Waals surface area contributed by atoms with E-state index in [0.29, 0.717) is 11.3 Å². The number of halogens is 2. The number of rotatable bonds is 2. The van der Waals surface area contributed by atoms with Crippen LogP contribution in [0.5, 0.6) is 5.75 Å². The highest BCUT2D eigenvalue weighted by molar-refractivity contribution is 6.32. The highest BCUT2D eigenvalue weighted by Crippen LogP contribution is 2.35. The molecule has 0 spiro atoms. The molecule has 0 bridgehead atoms. The first kappa shape index (κ1) is 11.3. The van der Waals surface area contributed by atoms with Crippen molar-refractivity contribution in [2.24, 2.45) is 5.73 Å². The van der Waals surface area contributed by atoms with Crippen molar-refractivity contribution in [1.29, 1.82) is 0 Å². The summed E-state index contributed by atoms with van der Waals surface area (Å²) in [7, 11) is 1.48. The summed E-state index contributed by atoms with van der Waals surface area (Å²) >= 11 is 5.82. The van der Waals surface area contributed by atoms with E-state index in [9.17, 15) is 4.39 Å². The van der Waals surface area contributed by atoms with E-state index in [-0.39, 0.29) is 5.02 Å². The van der Waals surface area contributed by atoms with Crippen LogP contribution in [0.4, 0.5) is 4.39 Å². The first-order chi connectivity index (χ1) is 6.36. The lowest BCUT2D eigenvalue weighted by Crippen LogP contribution is -2.29. The highest BCUT2D eigenvalue weighted by Gasteiger charge is 2.22. The number of hydrogen-bond donors (Lipinski definition) is 1. The summed E-state index contributed by atoms with van der Waals surface area (Å²) in [4.78, 5) is 0. The molecule has 1 rings (SSSR count). The van der Waals surface area contributed by atoms with Gasteiger partial charge in [0, 0.05) is 11.1 Å². The lowest BCUT2D eigenvalue weighted by atomic mass is 9.94. The average Bonchev–Trinajstić information content (AvgIpc) is 2.01. The fourth-order valence-corrected chi connectivity index (χ4v) is 1.53. The Morgan fingerprint density at radius 3 is 2.43 bits per heavy atom. The molecule has 0 atom stereocenters. The van der Waals surface area contributed by atoms with Crippen molar-refractivity contribution in [3.63, 3.8) is 0 Å². The van der Waals surface area contributed by atoms with Crippen LogP contribution in [-0.2, 0) is 5.54 Å². The molecular formula is C10H13ClFNO. The Hall–Kier alpha value is -0.800. The first-order valence-corrected chi connectivity index (χ1v) is 4.56. The molecule has 0 aliphatic heterocycles. The van der Waals surface area contributed by atoms with E-state index in [2.05, 4.69) is 0 Å². The van der Waals surface area contributed by atoms with Crippen molar-refractivity contribution >= 4 is 11.6 Å². The molecule has 0 heterocycles. The van der Waals surface area contributed by atoms with Gasteiger partial charge in [-0.3, -0.25) is 0 Å². The largest absolute Gasteiger partial charge is 0.495 e. The van der Waals surface area contributed by atoms with Crippen molar-refractivity contribution in [1.82, 2.24) is 0 Å². The van der Waals surface area contributed by atoms with Gasteiger partial charge in [-0.25, -0.2) is 4.39 Å². The lowest BCUT2D eigenvalue weighted by Gasteiger charge is -2.22. The van der Waals surface area contributed by atoms with Gasteiger partial charge in [0.15, 0.2) is 0 Å². The van der Waals surface area contributed by atoms with E-state index in [0.717, 1.165) is 0 Å². The van der Waals surface area contributed by atoms with Crippen LogP contribution in [-0.4, -0.2) is 7.11 Å². The summed E-state index contributed by atoms with van der Waals surface area (Å²) in [5.41, 5.74) is 5.74. The molecule has 1 aromatic rings. The minimum absolute atomic E-state index is 0.237. The van der Waals surface area contributed by atoms with Crippen LogP contribution in [0.15, 0.2) is 12.1 Å². The van der Waals surface area contributed by atoms with E-state index in [1.165, 1.54) is 19.2 Å². The molecule has 78 valence electrons. The van der Waals surface area contributed by atoms with Gasteiger partial charge in [-0.2, -0.15) is 0 Å². The zero-order chi connectivity index (χ0) is 10.9. The maximum atomic E-state index is 13.1. The van der Waals surface area contributed by atoms with Gasteiger partial charge in [0.25, 0.3) is 0 Å². The third-order valence-corrected chi connectivity index (χ3v) is 2.19. The van der Waals surface area contributed by atoms with Crippen molar-refractivity contribution in [2.75, 3.05) is 7.11 Å². The molecule has 0 saturated heterocycles. The topological polar surface area (TPSA) is 35.2 Å². The molecule has 4 heteroatoms. The molecule has 0 amide bonds. The number of hydrogen-bond acceptors (Lipinski definition) is 2. The van der Waals surface area contributed by atoms with E-state index in [4.69, 9.17) is 22.1 Å². The summed E-state index contributed by atoms with van der Waals surface area (Å²) in [6.07, 6.45) is 0. The van der Waals surface area contributed by atoms with Gasteiger partial charge in [0.2, 0.25) is 0 Å². The second-order valence-corrected chi connectivity index (χ2v) is 4.10. The predicted molar refractivity (Wildman–Crippen MR) is 55.2 cm³/mol. The Balaban J connectivity index is 3.40. The summed E-state index contributed by atoms with van der Waals surface area (Å²) in [5.74, 6) is 0.0184. The molecular weight excluding hydrogens is 205 g/mol. The van der Waals surface area contributed by atoms with Crippen LogP contribution in [0.25, 0.3) is 0 Å². The fraction of sp³-hybridized carbons (Fsp3) is 0.400. The maximum absolute atomic E-state index is 13.1. The quantitative estimate of drug-likeness (QED) is 0.827. The van der Waals surface area contributed by atoms with Gasteiger partial charge >= 0.3 is 0 Å². The molecule has 0 radical (unpaired) electrons. The second-order valence-electron chi connectivity index (χ2n) is 3.69. The maximum Gasteiger partial charge on any atom is 0.142 e. The predicted octanol–water partition coefficient (Wildman–Crippen LogP) is 2.68. The summed E-state index contributed by atoms with van der Waals surface area (Å²) in [5, 5.41) is 0.237. The number of nitrogens with two attached hydrogens (primary N) is 1. The zero-order valence-electron chi connectivity index (χ0n) is 8.40. The third kappa shape index (κ3) is 2.16. The van der Waals surface area contributed by atoms with Crippen molar-refractivity contribution in [2.45, 2.75) is 19.4 Å². The average molecular weight is 218 g/mol. The van der Waals surface area contributed by atoms with Crippen LogP contribution in [0, 0.1) is 5.82 Å². The number of methoxy groups -OCH3 is 1. The van der Waals surface area contributed by atoms with E-state index in [1.807, 2.05) is 0 Å². The van der Waals surface area contributed by atoms with Gasteiger partial charge in [-0.15, -0.1) is 0 Å².